The minimum atomic E-state index is -0.701. The molecule has 0 spiro atoms. The molecule has 0 heterocycles. The van der Waals surface area contributed by atoms with E-state index in [2.05, 4.69) is 49.5 Å². The number of nitrogens with one attached hydrogen (secondary N) is 1. The lowest BCUT2D eigenvalue weighted by molar-refractivity contribution is -0.143. The third-order valence-electron chi connectivity index (χ3n) is 13.2. The number of aliphatic hydroxyl groups excluding tert-OH is 2. The maximum atomic E-state index is 12.5. The Morgan fingerprint density at radius 3 is 1.25 bits per heavy atom. The highest BCUT2D eigenvalue weighted by Gasteiger charge is 2.19. The van der Waals surface area contributed by atoms with Crippen molar-refractivity contribution in [1.29, 1.82) is 0 Å². The number of carbonyl (C=O) groups is 2. The Hall–Kier alpha value is -1.92. The van der Waals surface area contributed by atoms with Gasteiger partial charge in [0, 0.05) is 12.8 Å². The molecule has 2 unspecified atom stereocenters. The number of carbonyl (C=O) groups excluding carboxylic acids is 2. The molecule has 6 nitrogen and oxygen atoms in total. The van der Waals surface area contributed by atoms with Crippen molar-refractivity contribution in [3.05, 3.63) is 36.5 Å². The summed E-state index contributed by atoms with van der Waals surface area (Å²) in [4.78, 5) is 24.5. The molecule has 0 rings (SSSR count). The molecule has 0 fully saturated rings. The average molecular weight is 915 g/mol. The number of unbranched alkanes of at least 4 members (excludes halogenated alkanes) is 36. The van der Waals surface area contributed by atoms with Crippen LogP contribution in [0.2, 0.25) is 0 Å². The van der Waals surface area contributed by atoms with E-state index in [9.17, 15) is 19.8 Å². The van der Waals surface area contributed by atoms with Gasteiger partial charge in [0.2, 0.25) is 5.91 Å². The lowest BCUT2D eigenvalue weighted by Crippen LogP contribution is -2.45. The van der Waals surface area contributed by atoms with Crippen LogP contribution in [-0.4, -0.2) is 47.4 Å². The quantitative estimate of drug-likeness (QED) is 0.0321. The number of esters is 1. The van der Waals surface area contributed by atoms with Crippen molar-refractivity contribution in [2.24, 2.45) is 0 Å². The topological polar surface area (TPSA) is 95.9 Å². The van der Waals surface area contributed by atoms with E-state index in [0.29, 0.717) is 32.3 Å². The number of ether oxygens (including phenoxy) is 1. The van der Waals surface area contributed by atoms with Gasteiger partial charge in [0.05, 0.1) is 25.4 Å². The molecule has 0 aromatic heterocycles. The number of amides is 1. The van der Waals surface area contributed by atoms with E-state index in [-0.39, 0.29) is 18.5 Å². The molecule has 2 atom stereocenters. The SMILES string of the molecule is CCCCC/C=C\CCCCCCCC(=O)OCCCCCCCC/C=C\C/C=C\CCC(=O)NC(CO)C(O)CCCCCCCCCCCCCCCCCCCCCCCCC. The first-order valence-corrected chi connectivity index (χ1v) is 28.7. The highest BCUT2D eigenvalue weighted by molar-refractivity contribution is 5.76. The Bertz CT molecular complexity index is 1060. The first-order chi connectivity index (χ1) is 32.0. The van der Waals surface area contributed by atoms with Gasteiger partial charge in [0.25, 0.3) is 0 Å². The zero-order chi connectivity index (χ0) is 47.2. The van der Waals surface area contributed by atoms with Gasteiger partial charge in [-0.3, -0.25) is 9.59 Å². The van der Waals surface area contributed by atoms with E-state index in [1.54, 1.807) is 0 Å². The van der Waals surface area contributed by atoms with Crippen LogP contribution in [0.3, 0.4) is 0 Å². The Labute approximate surface area is 404 Å². The van der Waals surface area contributed by atoms with Crippen LogP contribution in [0, 0.1) is 0 Å². The fourth-order valence-corrected chi connectivity index (χ4v) is 8.74. The van der Waals surface area contributed by atoms with E-state index in [4.69, 9.17) is 4.74 Å². The van der Waals surface area contributed by atoms with E-state index in [1.165, 1.54) is 212 Å². The summed E-state index contributed by atoms with van der Waals surface area (Å²) < 4.78 is 5.44. The van der Waals surface area contributed by atoms with E-state index < -0.39 is 12.1 Å². The summed E-state index contributed by atoms with van der Waals surface area (Å²) in [5.74, 6) is -0.141. The predicted molar refractivity (Wildman–Crippen MR) is 283 cm³/mol. The van der Waals surface area contributed by atoms with Crippen molar-refractivity contribution in [1.82, 2.24) is 5.32 Å². The summed E-state index contributed by atoms with van der Waals surface area (Å²) in [5.41, 5.74) is 0. The molecule has 0 radical (unpaired) electrons. The third-order valence-corrected chi connectivity index (χ3v) is 13.2. The summed E-state index contributed by atoms with van der Waals surface area (Å²) in [5, 5.41) is 23.3. The van der Waals surface area contributed by atoms with Gasteiger partial charge >= 0.3 is 5.97 Å². The molecule has 0 saturated carbocycles. The molecule has 65 heavy (non-hydrogen) atoms. The second-order valence-electron chi connectivity index (χ2n) is 19.6. The highest BCUT2D eigenvalue weighted by atomic mass is 16.5. The number of hydrogen-bond acceptors (Lipinski definition) is 5. The van der Waals surface area contributed by atoms with Crippen molar-refractivity contribution in [3.63, 3.8) is 0 Å². The average Bonchev–Trinajstić information content (AvgIpc) is 3.31. The number of rotatable bonds is 53. The van der Waals surface area contributed by atoms with Crippen LogP contribution in [0.4, 0.5) is 0 Å². The number of hydrogen-bond donors (Lipinski definition) is 3. The predicted octanol–water partition coefficient (Wildman–Crippen LogP) is 17.6. The van der Waals surface area contributed by atoms with Crippen LogP contribution >= 0.6 is 0 Å². The fraction of sp³-hybridized carbons (Fsp3) is 0.864. The Morgan fingerprint density at radius 1 is 0.431 bits per heavy atom. The molecular weight excluding hydrogens is 803 g/mol. The molecule has 0 aliphatic rings. The fourth-order valence-electron chi connectivity index (χ4n) is 8.74. The van der Waals surface area contributed by atoms with Crippen molar-refractivity contribution >= 4 is 11.9 Å². The van der Waals surface area contributed by atoms with Crippen LogP contribution in [0.15, 0.2) is 36.5 Å². The molecule has 0 saturated heterocycles. The minimum Gasteiger partial charge on any atom is -0.466 e. The standard InChI is InChI=1S/C59H111NO5/c1-3-5-7-9-11-13-15-17-18-19-20-21-22-23-24-25-26-28-31-35-39-43-47-51-57(62)56(55-61)60-58(63)52-48-44-40-36-32-29-27-30-34-38-42-46-50-54-65-59(64)53-49-45-41-37-33-16-14-12-10-8-6-4-2/h12,14,29,32,40,44,56-57,61-62H,3-11,13,15-28,30-31,33-39,41-43,45-55H2,1-2H3,(H,60,63)/b14-12-,32-29-,44-40-. The highest BCUT2D eigenvalue weighted by Crippen LogP contribution is 2.17. The van der Waals surface area contributed by atoms with Gasteiger partial charge in [-0.25, -0.2) is 0 Å². The number of allylic oxidation sites excluding steroid dienone is 6. The van der Waals surface area contributed by atoms with Gasteiger partial charge in [-0.05, 0) is 70.6 Å². The van der Waals surface area contributed by atoms with Gasteiger partial charge in [-0.15, -0.1) is 0 Å². The van der Waals surface area contributed by atoms with Crippen LogP contribution in [0.25, 0.3) is 0 Å². The molecule has 0 aromatic rings. The smallest absolute Gasteiger partial charge is 0.305 e. The van der Waals surface area contributed by atoms with E-state index in [1.807, 2.05) is 6.08 Å². The van der Waals surface area contributed by atoms with Gasteiger partial charge in [0.1, 0.15) is 0 Å². The number of aliphatic hydroxyl groups is 2. The lowest BCUT2D eigenvalue weighted by Gasteiger charge is -2.22. The zero-order valence-corrected chi connectivity index (χ0v) is 43.5. The summed E-state index contributed by atoms with van der Waals surface area (Å²) in [6, 6.07) is -0.587. The third kappa shape index (κ3) is 51.3. The van der Waals surface area contributed by atoms with Crippen LogP contribution in [-0.2, 0) is 14.3 Å². The Balaban J connectivity index is 3.54. The largest absolute Gasteiger partial charge is 0.466 e. The van der Waals surface area contributed by atoms with Crippen LogP contribution in [0.1, 0.15) is 303 Å². The van der Waals surface area contributed by atoms with E-state index >= 15 is 0 Å². The first kappa shape index (κ1) is 63.1. The normalized spacial score (nSPS) is 12.9. The van der Waals surface area contributed by atoms with Gasteiger partial charge < -0.3 is 20.3 Å². The molecule has 0 bridgehead atoms. The molecule has 0 aliphatic heterocycles. The maximum Gasteiger partial charge on any atom is 0.305 e. The van der Waals surface area contributed by atoms with Crippen molar-refractivity contribution in [2.75, 3.05) is 13.2 Å². The second kappa shape index (κ2) is 54.7. The first-order valence-electron chi connectivity index (χ1n) is 28.7. The molecular formula is C59H111NO5. The molecule has 6 heteroatoms. The Kier molecular flexibility index (Phi) is 53.1. The molecule has 382 valence electrons. The zero-order valence-electron chi connectivity index (χ0n) is 43.5. The summed E-state index contributed by atoms with van der Waals surface area (Å²) in [6.07, 6.45) is 67.2. The molecule has 3 N–H and O–H groups in total. The Morgan fingerprint density at radius 2 is 0.785 bits per heavy atom. The van der Waals surface area contributed by atoms with Crippen molar-refractivity contribution in [2.45, 2.75) is 315 Å². The van der Waals surface area contributed by atoms with Crippen LogP contribution in [0.5, 0.6) is 0 Å². The van der Waals surface area contributed by atoms with E-state index in [0.717, 1.165) is 51.4 Å². The van der Waals surface area contributed by atoms with Crippen molar-refractivity contribution < 1.29 is 24.5 Å². The van der Waals surface area contributed by atoms with Gasteiger partial charge in [-0.2, -0.15) is 0 Å². The van der Waals surface area contributed by atoms with Crippen LogP contribution < -0.4 is 5.32 Å². The van der Waals surface area contributed by atoms with Gasteiger partial charge in [0.15, 0.2) is 0 Å². The molecule has 0 aliphatic carbocycles. The minimum absolute atomic E-state index is 0.0268. The summed E-state index contributed by atoms with van der Waals surface area (Å²) in [7, 11) is 0. The lowest BCUT2D eigenvalue weighted by atomic mass is 10.0. The monoisotopic (exact) mass is 914 g/mol. The maximum absolute atomic E-state index is 12.5. The second-order valence-corrected chi connectivity index (χ2v) is 19.6. The van der Waals surface area contributed by atoms with Crippen molar-refractivity contribution in [3.8, 4) is 0 Å². The summed E-state index contributed by atoms with van der Waals surface area (Å²) >= 11 is 0. The molecule has 1 amide bonds. The molecule has 0 aromatic carbocycles. The summed E-state index contributed by atoms with van der Waals surface area (Å²) in [6.45, 7) is 4.87. The van der Waals surface area contributed by atoms with Gasteiger partial charge in [-0.1, -0.05) is 256 Å².